The van der Waals surface area contributed by atoms with E-state index in [9.17, 15) is 4.79 Å². The van der Waals surface area contributed by atoms with Gasteiger partial charge in [0.25, 0.3) is 0 Å². The molecule has 0 spiro atoms. The standard InChI is InChI=1S/C31H24OP/c32-31(25-14-5-1-6-15-25)26-16-13-23-30(24-26)33(27-17-7-2-8-18-27,28-19-9-3-10-20-28)29-21-11-4-12-22-29/h1-24H/q+1. The van der Waals surface area contributed by atoms with Gasteiger partial charge in [0.15, 0.2) is 5.78 Å². The number of hydrogen-bond donors (Lipinski definition) is 0. The zero-order valence-corrected chi connectivity index (χ0v) is 19.1. The average molecular weight is 444 g/mol. The second-order valence-electron chi connectivity index (χ2n) is 7.92. The van der Waals surface area contributed by atoms with Crippen LogP contribution in [0.4, 0.5) is 0 Å². The zero-order valence-electron chi connectivity index (χ0n) is 18.2. The van der Waals surface area contributed by atoms with Crippen LogP contribution in [-0.4, -0.2) is 5.78 Å². The van der Waals surface area contributed by atoms with Gasteiger partial charge in [0.2, 0.25) is 0 Å². The minimum absolute atomic E-state index is 0.0461. The van der Waals surface area contributed by atoms with E-state index < -0.39 is 7.26 Å². The van der Waals surface area contributed by atoms with Crippen molar-refractivity contribution in [2.24, 2.45) is 0 Å². The summed E-state index contributed by atoms with van der Waals surface area (Å²) in [7, 11) is -2.22. The first-order valence-corrected chi connectivity index (χ1v) is 12.9. The summed E-state index contributed by atoms with van der Waals surface area (Å²) in [5, 5.41) is 4.98. The molecule has 0 fully saturated rings. The Balaban J connectivity index is 1.80. The summed E-state index contributed by atoms with van der Waals surface area (Å²) in [5.41, 5.74) is 1.42. The first-order chi connectivity index (χ1) is 16.3. The van der Waals surface area contributed by atoms with Gasteiger partial charge in [-0.2, -0.15) is 0 Å². The molecule has 0 aliphatic rings. The summed E-state index contributed by atoms with van der Waals surface area (Å²) in [6.45, 7) is 0. The van der Waals surface area contributed by atoms with Crippen molar-refractivity contribution in [3.8, 4) is 0 Å². The van der Waals surface area contributed by atoms with Gasteiger partial charge >= 0.3 is 0 Å². The molecule has 0 N–H and O–H groups in total. The molecule has 5 aromatic rings. The fourth-order valence-corrected chi connectivity index (χ4v) is 8.75. The smallest absolute Gasteiger partial charge is 0.193 e. The molecule has 0 radical (unpaired) electrons. The van der Waals surface area contributed by atoms with Gasteiger partial charge < -0.3 is 0 Å². The zero-order chi connectivity index (χ0) is 22.5. The number of rotatable bonds is 6. The minimum Gasteiger partial charge on any atom is -0.289 e. The number of carbonyl (C=O) groups excluding carboxylic acids is 1. The van der Waals surface area contributed by atoms with E-state index >= 15 is 0 Å². The van der Waals surface area contributed by atoms with Crippen molar-refractivity contribution < 1.29 is 4.79 Å². The maximum Gasteiger partial charge on any atom is 0.193 e. The molecular formula is C31H24OP+. The highest BCUT2D eigenvalue weighted by Crippen LogP contribution is 2.54. The average Bonchev–Trinajstić information content (AvgIpc) is 2.91. The Morgan fingerprint density at radius 3 is 1.21 bits per heavy atom. The lowest BCUT2D eigenvalue weighted by Crippen LogP contribution is -2.38. The second-order valence-corrected chi connectivity index (χ2v) is 11.3. The van der Waals surface area contributed by atoms with Crippen LogP contribution in [0.2, 0.25) is 0 Å². The molecule has 1 nitrogen and oxygen atoms in total. The van der Waals surface area contributed by atoms with E-state index in [0.29, 0.717) is 11.1 Å². The summed E-state index contributed by atoms with van der Waals surface area (Å²) >= 11 is 0. The molecule has 0 aliphatic carbocycles. The minimum atomic E-state index is -2.22. The van der Waals surface area contributed by atoms with Gasteiger partial charge in [-0.3, -0.25) is 4.79 Å². The van der Waals surface area contributed by atoms with E-state index in [2.05, 4.69) is 103 Å². The third-order valence-electron chi connectivity index (χ3n) is 5.96. The monoisotopic (exact) mass is 443 g/mol. The van der Waals surface area contributed by atoms with Crippen molar-refractivity contribution >= 4 is 34.3 Å². The number of carbonyl (C=O) groups is 1. The maximum atomic E-state index is 13.3. The lowest BCUT2D eigenvalue weighted by atomic mass is 10.0. The molecule has 2 heteroatoms. The van der Waals surface area contributed by atoms with Crippen LogP contribution in [-0.2, 0) is 0 Å². The fraction of sp³-hybridized carbons (Fsp3) is 0. The first kappa shape index (κ1) is 21.1. The first-order valence-electron chi connectivity index (χ1n) is 11.1. The summed E-state index contributed by atoms with van der Waals surface area (Å²) in [6, 6.07) is 49.9. The molecule has 0 aromatic heterocycles. The number of hydrogen-bond acceptors (Lipinski definition) is 1. The number of ketones is 1. The maximum absolute atomic E-state index is 13.3. The Kier molecular flexibility index (Phi) is 5.98. The van der Waals surface area contributed by atoms with E-state index in [0.717, 1.165) is 0 Å². The fourth-order valence-electron chi connectivity index (χ4n) is 4.46. The predicted molar refractivity (Wildman–Crippen MR) is 141 cm³/mol. The third kappa shape index (κ3) is 3.93. The molecule has 158 valence electrons. The molecule has 0 bridgehead atoms. The van der Waals surface area contributed by atoms with E-state index in [1.165, 1.54) is 21.2 Å². The number of benzene rings is 5. The van der Waals surface area contributed by atoms with Crippen molar-refractivity contribution in [2.45, 2.75) is 0 Å². The summed E-state index contributed by atoms with van der Waals surface area (Å²) in [4.78, 5) is 13.3. The molecule has 5 rings (SSSR count). The summed E-state index contributed by atoms with van der Waals surface area (Å²) in [6.07, 6.45) is 0. The van der Waals surface area contributed by atoms with Crippen LogP contribution >= 0.6 is 7.26 Å². The molecule has 0 aliphatic heterocycles. The lowest BCUT2D eigenvalue weighted by molar-refractivity contribution is 0.103. The van der Waals surface area contributed by atoms with Gasteiger partial charge in [0.1, 0.15) is 28.5 Å². The van der Waals surface area contributed by atoms with Crippen molar-refractivity contribution in [1.82, 2.24) is 0 Å². The van der Waals surface area contributed by atoms with Crippen LogP contribution in [0.3, 0.4) is 0 Å². The molecule has 0 amide bonds. The highest BCUT2D eigenvalue weighted by atomic mass is 31.2. The van der Waals surface area contributed by atoms with Crippen molar-refractivity contribution in [1.29, 1.82) is 0 Å². The molecule has 5 aromatic carbocycles. The van der Waals surface area contributed by atoms with Crippen LogP contribution in [0.15, 0.2) is 146 Å². The van der Waals surface area contributed by atoms with E-state index in [1.807, 2.05) is 42.5 Å². The van der Waals surface area contributed by atoms with E-state index in [4.69, 9.17) is 0 Å². The molecule has 0 unspecified atom stereocenters. The predicted octanol–water partition coefficient (Wildman–Crippen LogP) is 5.54. The quantitative estimate of drug-likeness (QED) is 0.249. The molecular weight excluding hydrogens is 419 g/mol. The Morgan fingerprint density at radius 2 is 0.758 bits per heavy atom. The summed E-state index contributed by atoms with van der Waals surface area (Å²) in [5.74, 6) is 0.0461. The third-order valence-corrected chi connectivity index (χ3v) is 10.2. The Morgan fingerprint density at radius 1 is 0.394 bits per heavy atom. The van der Waals surface area contributed by atoms with Crippen molar-refractivity contribution in [3.63, 3.8) is 0 Å². The van der Waals surface area contributed by atoms with Crippen molar-refractivity contribution in [2.75, 3.05) is 0 Å². The van der Waals surface area contributed by atoms with Gasteiger partial charge in [0.05, 0.1) is 0 Å². The van der Waals surface area contributed by atoms with E-state index in [1.54, 1.807) is 0 Å². The van der Waals surface area contributed by atoms with Crippen LogP contribution < -0.4 is 21.2 Å². The van der Waals surface area contributed by atoms with Crippen LogP contribution in [0.5, 0.6) is 0 Å². The molecule has 33 heavy (non-hydrogen) atoms. The van der Waals surface area contributed by atoms with Gasteiger partial charge in [0, 0.05) is 11.1 Å². The van der Waals surface area contributed by atoms with Crippen LogP contribution in [0, 0.1) is 0 Å². The van der Waals surface area contributed by atoms with Crippen molar-refractivity contribution in [3.05, 3.63) is 157 Å². The van der Waals surface area contributed by atoms with E-state index in [-0.39, 0.29) is 5.78 Å². The Hall–Kier alpha value is -3.80. The van der Waals surface area contributed by atoms with Crippen LogP contribution in [0.25, 0.3) is 0 Å². The molecule has 0 heterocycles. The molecule has 0 atom stereocenters. The summed E-state index contributed by atoms with van der Waals surface area (Å²) < 4.78 is 0. The Labute approximate surface area is 195 Å². The lowest BCUT2D eigenvalue weighted by Gasteiger charge is -2.27. The molecule has 0 saturated carbocycles. The largest absolute Gasteiger partial charge is 0.289 e. The Bertz CT molecular complexity index is 1250. The van der Waals surface area contributed by atoms with Gasteiger partial charge in [-0.15, -0.1) is 0 Å². The highest BCUT2D eigenvalue weighted by Gasteiger charge is 2.47. The highest BCUT2D eigenvalue weighted by molar-refractivity contribution is 8.01. The van der Waals surface area contributed by atoms with Gasteiger partial charge in [-0.25, -0.2) is 0 Å². The van der Waals surface area contributed by atoms with Crippen LogP contribution in [0.1, 0.15) is 15.9 Å². The van der Waals surface area contributed by atoms with Gasteiger partial charge in [-0.1, -0.05) is 97.1 Å². The normalized spacial score (nSPS) is 11.2. The van der Waals surface area contributed by atoms with Gasteiger partial charge in [-0.05, 0) is 48.5 Å². The SMILES string of the molecule is O=C(c1ccccc1)c1cccc([P+](c2ccccc2)(c2ccccc2)c2ccccc2)c1. The second kappa shape index (κ2) is 9.36. The molecule has 0 saturated heterocycles. The topological polar surface area (TPSA) is 17.1 Å².